The number of rotatable bonds is 12. The van der Waals surface area contributed by atoms with Crippen LogP contribution >= 0.6 is 0 Å². The van der Waals surface area contributed by atoms with Crippen LogP contribution in [-0.2, 0) is 22.6 Å². The van der Waals surface area contributed by atoms with Crippen molar-refractivity contribution in [2.24, 2.45) is 0 Å². The number of ether oxygens (including phenoxy) is 2. The van der Waals surface area contributed by atoms with Gasteiger partial charge in [0.25, 0.3) is 0 Å². The first-order valence-electron chi connectivity index (χ1n) is 11.0. The molecule has 0 saturated heterocycles. The molecular formula is C25H33N3O3. The first kappa shape index (κ1) is 22.8. The highest BCUT2D eigenvalue weighted by Gasteiger charge is 2.11. The maximum absolute atomic E-state index is 11.8. The fourth-order valence-electron chi connectivity index (χ4n) is 3.56. The topological polar surface area (TPSA) is 65.4 Å². The van der Waals surface area contributed by atoms with Crippen molar-refractivity contribution >= 4 is 16.9 Å². The molecule has 1 heterocycles. The van der Waals surface area contributed by atoms with Crippen LogP contribution in [-0.4, -0.2) is 35.8 Å². The van der Waals surface area contributed by atoms with E-state index in [0.717, 1.165) is 48.4 Å². The number of fused-ring (bicyclic) bond motifs is 1. The average molecular weight is 424 g/mol. The summed E-state index contributed by atoms with van der Waals surface area (Å²) in [5, 5.41) is 2.87. The largest absolute Gasteiger partial charge is 0.494 e. The Morgan fingerprint density at radius 3 is 2.65 bits per heavy atom. The van der Waals surface area contributed by atoms with E-state index in [-0.39, 0.29) is 12.5 Å². The molecule has 6 heteroatoms. The Balaban J connectivity index is 1.53. The van der Waals surface area contributed by atoms with Crippen LogP contribution in [0, 0.1) is 0 Å². The van der Waals surface area contributed by atoms with Crippen LogP contribution < -0.4 is 10.1 Å². The Morgan fingerprint density at radius 2 is 1.90 bits per heavy atom. The predicted molar refractivity (Wildman–Crippen MR) is 123 cm³/mol. The number of hydrogen-bond acceptors (Lipinski definition) is 4. The molecule has 31 heavy (non-hydrogen) atoms. The van der Waals surface area contributed by atoms with Gasteiger partial charge in [-0.3, -0.25) is 4.79 Å². The van der Waals surface area contributed by atoms with E-state index in [9.17, 15) is 4.79 Å². The second-order valence-corrected chi connectivity index (χ2v) is 7.81. The number of unbranched alkanes of at least 4 members (excludes halogenated alkanes) is 1. The first-order valence-corrected chi connectivity index (χ1v) is 11.0. The molecular weight excluding hydrogens is 390 g/mol. The highest BCUT2D eigenvalue weighted by Crippen LogP contribution is 2.22. The summed E-state index contributed by atoms with van der Waals surface area (Å²) >= 11 is 0. The van der Waals surface area contributed by atoms with Crippen LogP contribution in [0.4, 0.5) is 0 Å². The summed E-state index contributed by atoms with van der Waals surface area (Å²) in [6.07, 6.45) is 3.04. The molecule has 6 nitrogen and oxygen atoms in total. The van der Waals surface area contributed by atoms with Gasteiger partial charge in [0.1, 0.15) is 18.2 Å². The fraction of sp³-hybridized carbons (Fsp3) is 0.440. The molecule has 0 aliphatic carbocycles. The van der Waals surface area contributed by atoms with Gasteiger partial charge in [0.2, 0.25) is 5.91 Å². The molecule has 1 amide bonds. The maximum Gasteiger partial charge on any atom is 0.246 e. The molecule has 0 aliphatic heterocycles. The van der Waals surface area contributed by atoms with Crippen molar-refractivity contribution in [2.45, 2.75) is 52.1 Å². The van der Waals surface area contributed by atoms with E-state index in [1.165, 1.54) is 12.7 Å². The third kappa shape index (κ3) is 6.31. The lowest BCUT2D eigenvalue weighted by Crippen LogP contribution is -2.28. The lowest BCUT2D eigenvalue weighted by molar-refractivity contribution is -0.124. The molecule has 166 valence electrons. The normalized spacial score (nSPS) is 12.1. The highest BCUT2D eigenvalue weighted by atomic mass is 16.5. The minimum atomic E-state index is -0.145. The molecule has 0 fully saturated rings. The number of methoxy groups -OCH3 is 1. The monoisotopic (exact) mass is 423 g/mol. The van der Waals surface area contributed by atoms with Gasteiger partial charge in [-0.25, -0.2) is 4.98 Å². The van der Waals surface area contributed by atoms with E-state index < -0.39 is 0 Å². The zero-order valence-corrected chi connectivity index (χ0v) is 18.8. The van der Waals surface area contributed by atoms with E-state index in [1.807, 2.05) is 18.2 Å². The number of carbonyl (C=O) groups excluding carboxylic acids is 1. The number of hydrogen-bond donors (Lipinski definition) is 1. The zero-order chi connectivity index (χ0) is 22.1. The van der Waals surface area contributed by atoms with Gasteiger partial charge in [-0.1, -0.05) is 38.1 Å². The van der Waals surface area contributed by atoms with E-state index in [2.05, 4.69) is 54.1 Å². The van der Waals surface area contributed by atoms with Gasteiger partial charge < -0.3 is 19.4 Å². The van der Waals surface area contributed by atoms with Gasteiger partial charge in [-0.2, -0.15) is 0 Å². The Bertz CT molecular complexity index is 966. The Hall–Kier alpha value is -2.86. The SMILES string of the molecule is CCC(C)c1ccc(OCCCCn2c(CNC(=O)COC)nc3ccccc32)cc1. The molecule has 3 aromatic rings. The summed E-state index contributed by atoms with van der Waals surface area (Å²) in [5.41, 5.74) is 3.38. The van der Waals surface area contributed by atoms with E-state index in [0.29, 0.717) is 19.1 Å². The smallest absolute Gasteiger partial charge is 0.246 e. The molecule has 1 N–H and O–H groups in total. The van der Waals surface area contributed by atoms with E-state index >= 15 is 0 Å². The molecule has 1 aromatic heterocycles. The molecule has 1 unspecified atom stereocenters. The molecule has 0 radical (unpaired) electrons. The second kappa shape index (κ2) is 11.5. The van der Waals surface area contributed by atoms with Crippen LogP contribution in [0.5, 0.6) is 5.75 Å². The minimum absolute atomic E-state index is 0.0515. The van der Waals surface area contributed by atoms with Gasteiger partial charge in [-0.15, -0.1) is 0 Å². The summed E-state index contributed by atoms with van der Waals surface area (Å²) < 4.78 is 13.0. The number of aryl methyl sites for hydroxylation is 1. The summed E-state index contributed by atoms with van der Waals surface area (Å²) in [6.45, 7) is 6.39. The molecule has 0 bridgehead atoms. The third-order valence-electron chi connectivity index (χ3n) is 5.56. The molecule has 0 aliphatic rings. The number of benzene rings is 2. The third-order valence-corrected chi connectivity index (χ3v) is 5.56. The number of imidazole rings is 1. The number of aromatic nitrogens is 2. The van der Waals surface area contributed by atoms with Crippen LogP contribution in [0.3, 0.4) is 0 Å². The summed E-state index contributed by atoms with van der Waals surface area (Å²) in [7, 11) is 1.51. The van der Waals surface area contributed by atoms with E-state index in [4.69, 9.17) is 14.5 Å². The Morgan fingerprint density at radius 1 is 1.13 bits per heavy atom. The maximum atomic E-state index is 11.8. The van der Waals surface area contributed by atoms with Crippen molar-refractivity contribution in [3.8, 4) is 5.75 Å². The standard InChI is InChI=1S/C25H33N3O3/c1-4-19(2)20-11-13-21(14-12-20)31-16-8-7-15-28-23-10-6-5-9-22(23)27-24(28)17-26-25(29)18-30-3/h5-6,9-14,19H,4,7-8,15-18H2,1-3H3,(H,26,29). The summed E-state index contributed by atoms with van der Waals surface area (Å²) in [5.74, 6) is 2.20. The molecule has 2 aromatic carbocycles. The van der Waals surface area contributed by atoms with Crippen molar-refractivity contribution in [3.05, 3.63) is 59.9 Å². The van der Waals surface area contributed by atoms with Gasteiger partial charge in [0.05, 0.1) is 24.2 Å². The van der Waals surface area contributed by atoms with Crippen molar-refractivity contribution in [1.29, 1.82) is 0 Å². The van der Waals surface area contributed by atoms with Crippen LogP contribution in [0.25, 0.3) is 11.0 Å². The van der Waals surface area contributed by atoms with Gasteiger partial charge >= 0.3 is 0 Å². The van der Waals surface area contributed by atoms with Crippen LogP contribution in [0.15, 0.2) is 48.5 Å². The lowest BCUT2D eigenvalue weighted by Gasteiger charge is -2.12. The van der Waals surface area contributed by atoms with Gasteiger partial charge in [0, 0.05) is 13.7 Å². The second-order valence-electron chi connectivity index (χ2n) is 7.81. The highest BCUT2D eigenvalue weighted by molar-refractivity contribution is 5.78. The minimum Gasteiger partial charge on any atom is -0.494 e. The number of para-hydroxylation sites is 2. The fourth-order valence-corrected chi connectivity index (χ4v) is 3.56. The Labute approximate surface area is 184 Å². The van der Waals surface area contributed by atoms with Gasteiger partial charge in [-0.05, 0) is 55.0 Å². The Kier molecular flexibility index (Phi) is 8.47. The average Bonchev–Trinajstić information content (AvgIpc) is 3.15. The van der Waals surface area contributed by atoms with Gasteiger partial charge in [0.15, 0.2) is 0 Å². The summed E-state index contributed by atoms with van der Waals surface area (Å²) in [4.78, 5) is 16.5. The number of carbonyl (C=O) groups is 1. The van der Waals surface area contributed by atoms with Crippen LogP contribution in [0.2, 0.25) is 0 Å². The zero-order valence-electron chi connectivity index (χ0n) is 18.8. The van der Waals surface area contributed by atoms with Crippen molar-refractivity contribution in [1.82, 2.24) is 14.9 Å². The predicted octanol–water partition coefficient (Wildman–Crippen LogP) is 4.67. The molecule has 0 saturated carbocycles. The van der Waals surface area contributed by atoms with Crippen molar-refractivity contribution in [3.63, 3.8) is 0 Å². The van der Waals surface area contributed by atoms with E-state index in [1.54, 1.807) is 0 Å². The molecule has 0 spiro atoms. The van der Waals surface area contributed by atoms with Crippen molar-refractivity contribution < 1.29 is 14.3 Å². The molecule has 1 atom stereocenters. The number of nitrogens with one attached hydrogen (secondary N) is 1. The lowest BCUT2D eigenvalue weighted by atomic mass is 9.99. The first-order chi connectivity index (χ1) is 15.1. The number of amides is 1. The van der Waals surface area contributed by atoms with Crippen LogP contribution in [0.1, 0.15) is 50.4 Å². The quantitative estimate of drug-likeness (QED) is 0.430. The number of nitrogens with zero attached hydrogens (tertiary/aromatic N) is 2. The van der Waals surface area contributed by atoms with Crippen molar-refractivity contribution in [2.75, 3.05) is 20.3 Å². The molecule has 3 rings (SSSR count). The summed E-state index contributed by atoms with van der Waals surface area (Å²) in [6, 6.07) is 16.5.